The van der Waals surface area contributed by atoms with Crippen LogP contribution in [0.3, 0.4) is 0 Å². The van der Waals surface area contributed by atoms with Crippen molar-refractivity contribution in [2.75, 3.05) is 25.1 Å². The first-order chi connectivity index (χ1) is 9.68. The molecule has 0 spiro atoms. The summed E-state index contributed by atoms with van der Waals surface area (Å²) in [6.45, 7) is 8.00. The van der Waals surface area contributed by atoms with Crippen molar-refractivity contribution in [2.45, 2.75) is 52.7 Å². The van der Waals surface area contributed by atoms with Crippen LogP contribution >= 0.6 is 11.3 Å². The summed E-state index contributed by atoms with van der Waals surface area (Å²) in [4.78, 5) is 8.31. The summed E-state index contributed by atoms with van der Waals surface area (Å²) in [6, 6.07) is 0. The van der Waals surface area contributed by atoms with Crippen molar-refractivity contribution in [2.24, 2.45) is 11.1 Å². The summed E-state index contributed by atoms with van der Waals surface area (Å²) in [5.74, 6) is 0. The lowest BCUT2D eigenvalue weighted by Crippen LogP contribution is -2.39. The molecule has 2 N–H and O–H groups in total. The zero-order valence-electron chi connectivity index (χ0n) is 12.9. The van der Waals surface area contributed by atoms with E-state index in [1.807, 2.05) is 0 Å². The van der Waals surface area contributed by atoms with Crippen LogP contribution in [-0.2, 0) is 17.9 Å². The van der Waals surface area contributed by atoms with Crippen molar-refractivity contribution >= 4 is 16.5 Å². The highest BCUT2D eigenvalue weighted by Gasteiger charge is 2.32. The van der Waals surface area contributed by atoms with Gasteiger partial charge >= 0.3 is 0 Å². The topological polar surface area (TPSA) is 51.4 Å². The number of anilines is 1. The molecular formula is C15H27N3OS. The Hall–Kier alpha value is -0.650. The van der Waals surface area contributed by atoms with Crippen LogP contribution in [0.25, 0.3) is 0 Å². The SMILES string of the molecule is CCC1(CC)CCN(c2nc(COC)c(CN)s2)CC1. The molecule has 0 saturated carbocycles. The van der Waals surface area contributed by atoms with Gasteiger partial charge in [-0.25, -0.2) is 4.98 Å². The minimum atomic E-state index is 0.554. The van der Waals surface area contributed by atoms with E-state index in [0.717, 1.165) is 28.8 Å². The van der Waals surface area contributed by atoms with Crippen molar-refractivity contribution in [3.05, 3.63) is 10.6 Å². The Morgan fingerprint density at radius 3 is 2.45 bits per heavy atom. The molecule has 0 unspecified atom stereocenters. The molecule has 0 aromatic carbocycles. The number of aromatic nitrogens is 1. The van der Waals surface area contributed by atoms with Crippen LogP contribution in [-0.4, -0.2) is 25.2 Å². The normalized spacial score (nSPS) is 18.5. The molecule has 0 amide bonds. The Kier molecular flexibility index (Phi) is 5.41. The largest absolute Gasteiger partial charge is 0.378 e. The number of piperidine rings is 1. The maximum atomic E-state index is 5.81. The van der Waals surface area contributed by atoms with Gasteiger partial charge in [-0.2, -0.15) is 0 Å². The molecule has 1 aromatic heterocycles. The third-order valence-corrected chi connectivity index (χ3v) is 6.01. The van der Waals surface area contributed by atoms with Gasteiger partial charge in [0.25, 0.3) is 0 Å². The van der Waals surface area contributed by atoms with Gasteiger partial charge in [-0.1, -0.05) is 26.7 Å². The second kappa shape index (κ2) is 6.87. The molecule has 5 heteroatoms. The van der Waals surface area contributed by atoms with Gasteiger partial charge in [0.15, 0.2) is 5.13 Å². The van der Waals surface area contributed by atoms with E-state index in [0.29, 0.717) is 18.6 Å². The fraction of sp³-hybridized carbons (Fsp3) is 0.800. The summed E-state index contributed by atoms with van der Waals surface area (Å²) in [5, 5.41) is 1.12. The Bertz CT molecular complexity index is 419. The van der Waals surface area contributed by atoms with Crippen molar-refractivity contribution in [3.63, 3.8) is 0 Å². The van der Waals surface area contributed by atoms with E-state index >= 15 is 0 Å². The number of rotatable bonds is 6. The number of ether oxygens (including phenoxy) is 1. The maximum Gasteiger partial charge on any atom is 0.185 e. The quantitative estimate of drug-likeness (QED) is 0.876. The van der Waals surface area contributed by atoms with Crippen LogP contribution in [0.5, 0.6) is 0 Å². The molecule has 20 heavy (non-hydrogen) atoms. The number of nitrogens with two attached hydrogens (primary N) is 1. The highest BCUT2D eigenvalue weighted by Crippen LogP contribution is 2.40. The number of hydrogen-bond acceptors (Lipinski definition) is 5. The monoisotopic (exact) mass is 297 g/mol. The minimum absolute atomic E-state index is 0.554. The van der Waals surface area contributed by atoms with E-state index in [4.69, 9.17) is 15.5 Å². The fourth-order valence-corrected chi connectivity index (χ4v) is 4.04. The molecule has 1 saturated heterocycles. The Balaban J connectivity index is 2.07. The van der Waals surface area contributed by atoms with Gasteiger partial charge in [0.2, 0.25) is 0 Å². The van der Waals surface area contributed by atoms with Crippen molar-refractivity contribution in [1.29, 1.82) is 0 Å². The fourth-order valence-electron chi connectivity index (χ4n) is 3.04. The van der Waals surface area contributed by atoms with Gasteiger partial charge in [0.05, 0.1) is 12.3 Å². The summed E-state index contributed by atoms with van der Waals surface area (Å²) >= 11 is 1.73. The standard InChI is InChI=1S/C15H27N3OS/c1-4-15(5-2)6-8-18(9-7-15)14-17-12(11-19-3)13(10-16)20-14/h4-11,16H2,1-3H3. The van der Waals surface area contributed by atoms with Gasteiger partial charge in [-0.3, -0.25) is 0 Å². The second-order valence-electron chi connectivity index (χ2n) is 5.70. The lowest BCUT2D eigenvalue weighted by molar-refractivity contribution is 0.181. The first-order valence-electron chi connectivity index (χ1n) is 7.60. The average molecular weight is 297 g/mol. The molecular weight excluding hydrogens is 270 g/mol. The van der Waals surface area contributed by atoms with E-state index in [1.54, 1.807) is 18.4 Å². The van der Waals surface area contributed by atoms with E-state index < -0.39 is 0 Å². The van der Waals surface area contributed by atoms with Crippen LogP contribution in [0, 0.1) is 5.41 Å². The van der Waals surface area contributed by atoms with Gasteiger partial charge in [-0.15, -0.1) is 11.3 Å². The number of hydrogen-bond donors (Lipinski definition) is 1. The molecule has 114 valence electrons. The summed E-state index contributed by atoms with van der Waals surface area (Å²) in [7, 11) is 1.71. The predicted molar refractivity (Wildman–Crippen MR) is 85.2 cm³/mol. The van der Waals surface area contributed by atoms with Crippen molar-refractivity contribution < 1.29 is 4.74 Å². The molecule has 2 heterocycles. The van der Waals surface area contributed by atoms with Crippen LogP contribution in [0.2, 0.25) is 0 Å². The molecule has 0 bridgehead atoms. The molecule has 0 aliphatic carbocycles. The first kappa shape index (κ1) is 15.7. The zero-order chi connectivity index (χ0) is 14.6. The third-order valence-electron chi connectivity index (χ3n) is 4.83. The average Bonchev–Trinajstić information content (AvgIpc) is 2.91. The minimum Gasteiger partial charge on any atom is -0.378 e. The lowest BCUT2D eigenvalue weighted by Gasteiger charge is -2.40. The Labute approximate surface area is 126 Å². The van der Waals surface area contributed by atoms with E-state index in [2.05, 4.69) is 18.7 Å². The summed E-state index contributed by atoms with van der Waals surface area (Å²) < 4.78 is 5.21. The van der Waals surface area contributed by atoms with Crippen molar-refractivity contribution in [3.8, 4) is 0 Å². The molecule has 1 aliphatic rings. The molecule has 2 rings (SSSR count). The highest BCUT2D eigenvalue weighted by molar-refractivity contribution is 7.15. The molecule has 1 fully saturated rings. The van der Waals surface area contributed by atoms with Crippen LogP contribution in [0.4, 0.5) is 5.13 Å². The molecule has 0 radical (unpaired) electrons. The first-order valence-corrected chi connectivity index (χ1v) is 8.42. The van der Waals surface area contributed by atoms with Gasteiger partial charge < -0.3 is 15.4 Å². The van der Waals surface area contributed by atoms with E-state index in [1.165, 1.54) is 25.7 Å². The van der Waals surface area contributed by atoms with E-state index in [-0.39, 0.29) is 0 Å². The summed E-state index contributed by atoms with van der Waals surface area (Å²) in [5.41, 5.74) is 7.37. The van der Waals surface area contributed by atoms with Gasteiger partial charge in [-0.05, 0) is 18.3 Å². The van der Waals surface area contributed by atoms with Crippen LogP contribution in [0.15, 0.2) is 0 Å². The van der Waals surface area contributed by atoms with Crippen LogP contribution in [0.1, 0.15) is 50.1 Å². The van der Waals surface area contributed by atoms with Gasteiger partial charge in [0.1, 0.15) is 0 Å². The van der Waals surface area contributed by atoms with Crippen molar-refractivity contribution in [1.82, 2.24) is 4.98 Å². The number of methoxy groups -OCH3 is 1. The Morgan fingerprint density at radius 1 is 1.30 bits per heavy atom. The summed E-state index contributed by atoms with van der Waals surface area (Å²) in [6.07, 6.45) is 5.13. The van der Waals surface area contributed by atoms with E-state index in [9.17, 15) is 0 Å². The molecule has 1 aliphatic heterocycles. The second-order valence-corrected chi connectivity index (χ2v) is 6.76. The highest BCUT2D eigenvalue weighted by atomic mass is 32.1. The smallest absolute Gasteiger partial charge is 0.185 e. The predicted octanol–water partition coefficient (Wildman–Crippen LogP) is 3.15. The maximum absolute atomic E-state index is 5.81. The lowest BCUT2D eigenvalue weighted by atomic mass is 9.74. The Morgan fingerprint density at radius 2 is 1.95 bits per heavy atom. The molecule has 0 atom stereocenters. The van der Waals surface area contributed by atoms with Crippen LogP contribution < -0.4 is 10.6 Å². The van der Waals surface area contributed by atoms with Gasteiger partial charge in [0, 0.05) is 31.6 Å². The number of nitrogens with zero attached hydrogens (tertiary/aromatic N) is 2. The number of thiazole rings is 1. The zero-order valence-corrected chi connectivity index (χ0v) is 13.8. The molecule has 1 aromatic rings. The third kappa shape index (κ3) is 3.15. The molecule has 4 nitrogen and oxygen atoms in total.